The lowest BCUT2D eigenvalue weighted by molar-refractivity contribution is -0.136. The van der Waals surface area contributed by atoms with Crippen LogP contribution in [0.4, 0.5) is 5.95 Å². The molecule has 4 aliphatic heterocycles. The van der Waals surface area contributed by atoms with E-state index >= 15 is 0 Å². The lowest BCUT2D eigenvalue weighted by Crippen LogP contribution is -2.52. The first-order chi connectivity index (χ1) is 20.4. The summed E-state index contributed by atoms with van der Waals surface area (Å²) in [6, 6.07) is 11.4. The van der Waals surface area contributed by atoms with Crippen LogP contribution >= 0.6 is 0 Å². The van der Waals surface area contributed by atoms with Crippen molar-refractivity contribution in [1.82, 2.24) is 30.0 Å². The van der Waals surface area contributed by atoms with Gasteiger partial charge in [0.15, 0.2) is 0 Å². The zero-order chi connectivity index (χ0) is 28.8. The minimum Gasteiger partial charge on any atom is -0.489 e. The maximum Gasteiger partial charge on any atom is 0.255 e. The zero-order valence-electron chi connectivity index (χ0n) is 23.8. The van der Waals surface area contributed by atoms with Crippen LogP contribution in [-0.2, 0) is 22.7 Å². The topological polar surface area (TPSA) is 111 Å². The van der Waals surface area contributed by atoms with Gasteiger partial charge < -0.3 is 19.4 Å². The second-order valence-corrected chi connectivity index (χ2v) is 11.8. The second-order valence-electron chi connectivity index (χ2n) is 11.8. The fourth-order valence-corrected chi connectivity index (χ4v) is 6.44. The average Bonchev–Trinajstić information content (AvgIpc) is 3.56. The summed E-state index contributed by atoms with van der Waals surface area (Å²) in [5.41, 5.74) is 3.64. The molecular weight excluding hydrogens is 534 g/mol. The van der Waals surface area contributed by atoms with E-state index in [2.05, 4.69) is 50.2 Å². The van der Waals surface area contributed by atoms with Gasteiger partial charge in [0.1, 0.15) is 17.9 Å². The highest BCUT2D eigenvalue weighted by atomic mass is 16.5. The Bertz CT molecular complexity index is 1550. The molecule has 0 bridgehead atoms. The Hall–Kier alpha value is -4.09. The molecule has 4 aliphatic rings. The van der Waals surface area contributed by atoms with Crippen LogP contribution in [0.2, 0.25) is 0 Å². The van der Waals surface area contributed by atoms with Gasteiger partial charge in [0.2, 0.25) is 17.8 Å². The van der Waals surface area contributed by atoms with Crippen LogP contribution in [0, 0.1) is 0 Å². The van der Waals surface area contributed by atoms with Crippen molar-refractivity contribution in [3.63, 3.8) is 0 Å². The monoisotopic (exact) mass is 569 g/mol. The highest BCUT2D eigenvalue weighted by Gasteiger charge is 2.39. The van der Waals surface area contributed by atoms with Crippen LogP contribution < -0.4 is 15.0 Å². The number of hydrogen-bond donors (Lipinski definition) is 1. The number of likely N-dealkylation sites (N-methyl/N-ethyl adjacent to an activating group) is 1. The van der Waals surface area contributed by atoms with Crippen molar-refractivity contribution < 1.29 is 19.1 Å². The molecule has 5 heterocycles. The average molecular weight is 570 g/mol. The smallest absolute Gasteiger partial charge is 0.255 e. The molecule has 0 radical (unpaired) electrons. The number of amides is 3. The van der Waals surface area contributed by atoms with E-state index in [0.29, 0.717) is 18.5 Å². The number of rotatable bonds is 6. The third kappa shape index (κ3) is 5.30. The molecule has 0 saturated carbocycles. The minimum absolute atomic E-state index is 0.0568. The molecule has 1 aromatic heterocycles. The molecule has 3 fully saturated rings. The molecule has 42 heavy (non-hydrogen) atoms. The number of ether oxygens (including phenoxy) is 1. The van der Waals surface area contributed by atoms with Gasteiger partial charge in [0, 0.05) is 75.9 Å². The van der Waals surface area contributed by atoms with Crippen molar-refractivity contribution in [3.8, 4) is 5.75 Å². The maximum absolute atomic E-state index is 13.0. The molecular formula is C31H35N7O4. The van der Waals surface area contributed by atoms with Gasteiger partial charge >= 0.3 is 0 Å². The van der Waals surface area contributed by atoms with Crippen molar-refractivity contribution in [2.45, 2.75) is 44.5 Å². The first kappa shape index (κ1) is 26.8. The molecule has 3 aromatic rings. The summed E-state index contributed by atoms with van der Waals surface area (Å²) in [7, 11) is 2.14. The quantitative estimate of drug-likeness (QED) is 0.444. The Labute approximate surface area is 244 Å². The molecule has 3 amide bonds. The Balaban J connectivity index is 0.953. The van der Waals surface area contributed by atoms with Gasteiger partial charge in [-0.2, -0.15) is 0 Å². The molecule has 1 N–H and O–H groups in total. The number of hydrogen-bond acceptors (Lipinski definition) is 9. The van der Waals surface area contributed by atoms with Gasteiger partial charge in [0.25, 0.3) is 5.91 Å². The number of fused-ring (bicyclic) bond motifs is 2. The third-order valence-corrected chi connectivity index (χ3v) is 8.85. The number of benzene rings is 2. The van der Waals surface area contributed by atoms with Crippen molar-refractivity contribution in [3.05, 3.63) is 59.3 Å². The first-order valence-electron chi connectivity index (χ1n) is 14.8. The van der Waals surface area contributed by atoms with Crippen LogP contribution in [0.3, 0.4) is 0 Å². The summed E-state index contributed by atoms with van der Waals surface area (Å²) in [4.78, 5) is 54.9. The van der Waals surface area contributed by atoms with Crippen LogP contribution in [0.5, 0.6) is 5.75 Å². The predicted molar refractivity (Wildman–Crippen MR) is 156 cm³/mol. The van der Waals surface area contributed by atoms with Crippen molar-refractivity contribution >= 4 is 34.6 Å². The van der Waals surface area contributed by atoms with Gasteiger partial charge in [-0.05, 0) is 61.3 Å². The molecule has 3 saturated heterocycles. The lowest BCUT2D eigenvalue weighted by Gasteiger charge is -2.32. The van der Waals surface area contributed by atoms with E-state index in [1.165, 1.54) is 5.56 Å². The Morgan fingerprint density at radius 2 is 1.86 bits per heavy atom. The van der Waals surface area contributed by atoms with E-state index < -0.39 is 11.9 Å². The van der Waals surface area contributed by atoms with E-state index in [0.717, 1.165) is 80.4 Å². The molecule has 11 nitrogen and oxygen atoms in total. The fraction of sp³-hybridized carbons (Fsp3) is 0.452. The summed E-state index contributed by atoms with van der Waals surface area (Å²) in [6.07, 6.45) is 3.52. The first-order valence-corrected chi connectivity index (χ1v) is 14.8. The SMILES string of the molecule is CN1CCN(c2ncc3cc(CN4CC[C@H](Oc5ccc6c(c5)CN([C@H]5CCC(=O)NC5=O)C6=O)C4)ccc3n2)CC1. The Morgan fingerprint density at radius 3 is 2.69 bits per heavy atom. The molecule has 7 rings (SSSR count). The summed E-state index contributed by atoms with van der Waals surface area (Å²) in [6.45, 7) is 6.87. The molecule has 11 heteroatoms. The summed E-state index contributed by atoms with van der Waals surface area (Å²) in [5.74, 6) is 0.686. The van der Waals surface area contributed by atoms with Gasteiger partial charge in [-0.15, -0.1) is 0 Å². The van der Waals surface area contributed by atoms with E-state index in [4.69, 9.17) is 9.72 Å². The number of likely N-dealkylation sites (tertiary alicyclic amines) is 1. The molecule has 0 aliphatic carbocycles. The molecule has 2 atom stereocenters. The second kappa shape index (κ2) is 11.0. The Kier molecular flexibility index (Phi) is 6.99. The number of nitrogens with zero attached hydrogens (tertiary/aromatic N) is 6. The standard InChI is InChI=1S/C31H35N7O4/c1-35-10-12-37(13-11-35)31-32-16-21-14-20(2-5-26(21)33-31)17-36-9-8-24(19-36)42-23-3-4-25-22(15-23)18-38(30(25)41)27-6-7-28(39)34-29(27)40/h2-5,14-16,24,27H,6-13,17-19H2,1H3,(H,34,39,40)/t24-,27-/m0/s1. The van der Waals surface area contributed by atoms with Crippen LogP contribution in [0.25, 0.3) is 10.9 Å². The van der Waals surface area contributed by atoms with E-state index in [-0.39, 0.29) is 24.3 Å². The summed E-state index contributed by atoms with van der Waals surface area (Å²) in [5, 5.41) is 3.40. The normalized spacial score (nSPS) is 23.5. The number of piperazine rings is 1. The van der Waals surface area contributed by atoms with Crippen molar-refractivity contribution in [2.24, 2.45) is 0 Å². The number of piperidine rings is 1. The number of carbonyl (C=O) groups is 3. The zero-order valence-corrected chi connectivity index (χ0v) is 23.8. The van der Waals surface area contributed by atoms with E-state index in [9.17, 15) is 14.4 Å². The van der Waals surface area contributed by atoms with Gasteiger partial charge in [0.05, 0.1) is 5.52 Å². The number of nitrogens with one attached hydrogen (secondary N) is 1. The minimum atomic E-state index is -0.615. The number of carbonyl (C=O) groups excluding carboxylic acids is 3. The number of aromatic nitrogens is 2. The number of anilines is 1. The van der Waals surface area contributed by atoms with Crippen LogP contribution in [0.1, 0.15) is 40.7 Å². The maximum atomic E-state index is 13.0. The van der Waals surface area contributed by atoms with Crippen molar-refractivity contribution in [1.29, 1.82) is 0 Å². The predicted octanol–water partition coefficient (Wildman–Crippen LogP) is 1.80. The van der Waals surface area contributed by atoms with E-state index in [1.54, 1.807) is 11.0 Å². The van der Waals surface area contributed by atoms with Gasteiger partial charge in [-0.1, -0.05) is 6.07 Å². The van der Waals surface area contributed by atoms with Gasteiger partial charge in [-0.3, -0.25) is 24.6 Å². The van der Waals surface area contributed by atoms with Crippen LogP contribution in [-0.4, -0.2) is 101 Å². The van der Waals surface area contributed by atoms with Crippen LogP contribution in [0.15, 0.2) is 42.6 Å². The van der Waals surface area contributed by atoms with E-state index in [1.807, 2.05) is 18.3 Å². The Morgan fingerprint density at radius 1 is 1.00 bits per heavy atom. The fourth-order valence-electron chi connectivity index (χ4n) is 6.44. The number of imide groups is 1. The highest BCUT2D eigenvalue weighted by molar-refractivity contribution is 6.05. The molecule has 2 aromatic carbocycles. The highest BCUT2D eigenvalue weighted by Crippen LogP contribution is 2.31. The molecule has 0 unspecified atom stereocenters. The molecule has 0 spiro atoms. The van der Waals surface area contributed by atoms with Crippen molar-refractivity contribution in [2.75, 3.05) is 51.2 Å². The lowest BCUT2D eigenvalue weighted by atomic mass is 10.0. The summed E-state index contributed by atoms with van der Waals surface area (Å²) >= 11 is 0. The summed E-state index contributed by atoms with van der Waals surface area (Å²) < 4.78 is 6.34. The molecule has 218 valence electrons. The third-order valence-electron chi connectivity index (χ3n) is 8.85. The van der Waals surface area contributed by atoms with Gasteiger partial charge in [-0.25, -0.2) is 9.97 Å². The largest absolute Gasteiger partial charge is 0.489 e.